The van der Waals surface area contributed by atoms with Crippen LogP contribution in [0.1, 0.15) is 33.8 Å². The third-order valence-corrected chi connectivity index (χ3v) is 6.60. The summed E-state index contributed by atoms with van der Waals surface area (Å²) in [4.78, 5) is 37.9. The molecule has 9 heteroatoms. The van der Waals surface area contributed by atoms with Gasteiger partial charge in [-0.25, -0.2) is 0 Å². The molecule has 0 aromatic heterocycles. The Morgan fingerprint density at radius 3 is 2.65 bits per heavy atom. The first-order valence-electron chi connectivity index (χ1n) is 10.7. The molecule has 34 heavy (non-hydrogen) atoms. The number of benzene rings is 3. The Balaban J connectivity index is 1.55. The number of nitrogens with zero attached hydrogens (tertiary/aromatic N) is 2. The van der Waals surface area contributed by atoms with Crippen LogP contribution in [0.3, 0.4) is 0 Å². The van der Waals surface area contributed by atoms with E-state index in [1.54, 1.807) is 30.0 Å². The molecule has 1 saturated heterocycles. The van der Waals surface area contributed by atoms with Crippen LogP contribution in [0.15, 0.2) is 66.7 Å². The molecule has 0 aliphatic carbocycles. The van der Waals surface area contributed by atoms with Crippen molar-refractivity contribution in [2.24, 2.45) is 0 Å². The minimum Gasteiger partial charge on any atom is -0.494 e. The average molecular weight is 478 g/mol. The minimum atomic E-state index is -0.503. The summed E-state index contributed by atoms with van der Waals surface area (Å²) in [6, 6.07) is 19.0. The van der Waals surface area contributed by atoms with Gasteiger partial charge in [-0.1, -0.05) is 18.2 Å². The fraction of sp³-hybridized carbons (Fsp3) is 0.200. The Bertz CT molecular complexity index is 1250. The number of carbonyl (C=O) groups excluding carboxylic acids is 2. The second-order valence-electron chi connectivity index (χ2n) is 7.69. The molecular formula is C25H23N3O5S. The number of anilines is 2. The Morgan fingerprint density at radius 2 is 1.94 bits per heavy atom. The Labute approximate surface area is 201 Å². The second-order valence-corrected chi connectivity index (χ2v) is 8.76. The van der Waals surface area contributed by atoms with E-state index in [4.69, 9.17) is 4.74 Å². The predicted octanol–water partition coefficient (Wildman–Crippen LogP) is 5.33. The number of amides is 2. The van der Waals surface area contributed by atoms with Gasteiger partial charge in [-0.3, -0.25) is 24.6 Å². The molecule has 1 fully saturated rings. The van der Waals surface area contributed by atoms with Crippen LogP contribution in [0.4, 0.5) is 17.1 Å². The zero-order chi connectivity index (χ0) is 24.2. The molecule has 1 aliphatic rings. The second kappa shape index (κ2) is 9.96. The van der Waals surface area contributed by atoms with Gasteiger partial charge < -0.3 is 10.1 Å². The van der Waals surface area contributed by atoms with E-state index < -0.39 is 10.8 Å². The predicted molar refractivity (Wildman–Crippen MR) is 133 cm³/mol. The van der Waals surface area contributed by atoms with Crippen LogP contribution < -0.4 is 15.0 Å². The van der Waals surface area contributed by atoms with Crippen molar-refractivity contribution >= 4 is 40.6 Å². The molecule has 174 valence electrons. The van der Waals surface area contributed by atoms with Crippen molar-refractivity contribution in [2.75, 3.05) is 22.6 Å². The van der Waals surface area contributed by atoms with E-state index in [2.05, 4.69) is 5.32 Å². The van der Waals surface area contributed by atoms with Crippen LogP contribution in [0, 0.1) is 17.0 Å². The summed E-state index contributed by atoms with van der Waals surface area (Å²) in [6.07, 6.45) is 0. The number of thioether (sulfide) groups is 1. The lowest BCUT2D eigenvalue weighted by atomic mass is 10.1. The summed E-state index contributed by atoms with van der Waals surface area (Å²) in [7, 11) is 0. The van der Waals surface area contributed by atoms with Crippen LogP contribution in [-0.2, 0) is 4.79 Å². The zero-order valence-electron chi connectivity index (χ0n) is 18.7. The van der Waals surface area contributed by atoms with E-state index in [9.17, 15) is 19.7 Å². The molecule has 8 nitrogen and oxygen atoms in total. The molecule has 4 rings (SSSR count). The third kappa shape index (κ3) is 4.89. The summed E-state index contributed by atoms with van der Waals surface area (Å²) >= 11 is 1.51. The topological polar surface area (TPSA) is 102 Å². The Kier molecular flexibility index (Phi) is 6.83. The van der Waals surface area contributed by atoms with Crippen LogP contribution in [0.2, 0.25) is 0 Å². The quantitative estimate of drug-likeness (QED) is 0.364. The van der Waals surface area contributed by atoms with Crippen molar-refractivity contribution in [3.63, 3.8) is 0 Å². The molecule has 3 aromatic carbocycles. The first-order chi connectivity index (χ1) is 16.4. The zero-order valence-corrected chi connectivity index (χ0v) is 19.5. The maximum Gasteiger partial charge on any atom is 0.273 e. The number of nitrogens with one attached hydrogen (secondary N) is 1. The highest BCUT2D eigenvalue weighted by atomic mass is 32.2. The van der Waals surface area contributed by atoms with Crippen LogP contribution in [0.5, 0.6) is 5.75 Å². The lowest BCUT2D eigenvalue weighted by Gasteiger charge is -2.25. The van der Waals surface area contributed by atoms with E-state index in [-0.39, 0.29) is 22.5 Å². The molecule has 0 unspecified atom stereocenters. The summed E-state index contributed by atoms with van der Waals surface area (Å²) in [5, 5.41) is 13.8. The normalized spacial score (nSPS) is 15.3. The van der Waals surface area contributed by atoms with Crippen molar-refractivity contribution in [1.82, 2.24) is 0 Å². The van der Waals surface area contributed by atoms with Gasteiger partial charge in [0, 0.05) is 28.6 Å². The first-order valence-corrected chi connectivity index (χ1v) is 11.7. The van der Waals surface area contributed by atoms with Crippen molar-refractivity contribution in [3.8, 4) is 5.75 Å². The number of rotatable bonds is 7. The lowest BCUT2D eigenvalue weighted by molar-refractivity contribution is -0.385. The van der Waals surface area contributed by atoms with Gasteiger partial charge in [0.1, 0.15) is 11.1 Å². The highest BCUT2D eigenvalue weighted by molar-refractivity contribution is 8.00. The molecular weight excluding hydrogens is 454 g/mol. The molecule has 1 aliphatic heterocycles. The number of hydrogen-bond donors (Lipinski definition) is 1. The van der Waals surface area contributed by atoms with Crippen LogP contribution in [-0.4, -0.2) is 29.1 Å². The number of hydrogen-bond acceptors (Lipinski definition) is 6. The van der Waals surface area contributed by atoms with E-state index in [0.717, 1.165) is 17.0 Å². The molecule has 0 spiro atoms. The smallest absolute Gasteiger partial charge is 0.273 e. The van der Waals surface area contributed by atoms with Crippen molar-refractivity contribution in [1.29, 1.82) is 0 Å². The molecule has 0 radical (unpaired) electrons. The fourth-order valence-electron chi connectivity index (χ4n) is 3.74. The van der Waals surface area contributed by atoms with E-state index in [1.807, 2.05) is 49.4 Å². The monoisotopic (exact) mass is 477 g/mol. The maximum absolute atomic E-state index is 12.7. The highest BCUT2D eigenvalue weighted by Crippen LogP contribution is 2.42. The highest BCUT2D eigenvalue weighted by Gasteiger charge is 2.34. The van der Waals surface area contributed by atoms with Crippen LogP contribution >= 0.6 is 11.8 Å². The standard InChI is InChI=1S/C25H23N3O5S/c1-3-33-21-11-9-20(10-12-21)27-23(29)15-34-25(27)18-5-4-6-19(13-18)26-24(30)17-8-7-16(2)22(14-17)28(31)32/h4-14,25H,3,15H2,1-2H3,(H,26,30)/t25-/m1/s1. The van der Waals surface area contributed by atoms with Gasteiger partial charge in [0.2, 0.25) is 5.91 Å². The van der Waals surface area contributed by atoms with Gasteiger partial charge in [-0.05, 0) is 61.9 Å². The van der Waals surface area contributed by atoms with Gasteiger partial charge in [0.05, 0.1) is 17.3 Å². The number of nitro groups is 1. The SMILES string of the molecule is CCOc1ccc(N2C(=O)CS[C@@H]2c2cccc(NC(=O)c3ccc(C)c([N+](=O)[O-])c3)c2)cc1. The molecule has 3 aromatic rings. The molecule has 2 amide bonds. The summed E-state index contributed by atoms with van der Waals surface area (Å²) < 4.78 is 5.49. The van der Waals surface area contributed by atoms with Gasteiger partial charge >= 0.3 is 0 Å². The summed E-state index contributed by atoms with van der Waals surface area (Å²) in [5.41, 5.74) is 2.75. The van der Waals surface area contributed by atoms with E-state index in [0.29, 0.717) is 23.6 Å². The molecule has 1 atom stereocenters. The number of aryl methyl sites for hydroxylation is 1. The number of ether oxygens (including phenoxy) is 1. The molecule has 0 saturated carbocycles. The van der Waals surface area contributed by atoms with Gasteiger partial charge in [0.15, 0.2) is 0 Å². The Morgan fingerprint density at radius 1 is 1.18 bits per heavy atom. The molecule has 1 N–H and O–H groups in total. The van der Waals surface area contributed by atoms with E-state index >= 15 is 0 Å². The lowest BCUT2D eigenvalue weighted by Crippen LogP contribution is -2.27. The van der Waals surface area contributed by atoms with Crippen LogP contribution in [0.25, 0.3) is 0 Å². The van der Waals surface area contributed by atoms with Crippen molar-refractivity contribution < 1.29 is 19.2 Å². The third-order valence-electron chi connectivity index (χ3n) is 5.39. The number of nitro benzene ring substituents is 1. The summed E-state index contributed by atoms with van der Waals surface area (Å²) in [6.45, 7) is 4.10. The van der Waals surface area contributed by atoms with Gasteiger partial charge in [0.25, 0.3) is 11.6 Å². The first kappa shape index (κ1) is 23.3. The number of carbonyl (C=O) groups is 2. The molecule has 1 heterocycles. The summed E-state index contributed by atoms with van der Waals surface area (Å²) in [5.74, 6) is 0.643. The Hall–Kier alpha value is -3.85. The van der Waals surface area contributed by atoms with Gasteiger partial charge in [-0.2, -0.15) is 0 Å². The molecule has 0 bridgehead atoms. The van der Waals surface area contributed by atoms with Crippen molar-refractivity contribution in [3.05, 3.63) is 93.5 Å². The largest absolute Gasteiger partial charge is 0.494 e. The van der Waals surface area contributed by atoms with Gasteiger partial charge in [-0.15, -0.1) is 11.8 Å². The fourth-order valence-corrected chi connectivity index (χ4v) is 4.91. The maximum atomic E-state index is 12.7. The minimum absolute atomic E-state index is 0.000522. The average Bonchev–Trinajstić information content (AvgIpc) is 3.21. The van der Waals surface area contributed by atoms with Crippen molar-refractivity contribution in [2.45, 2.75) is 19.2 Å². The van der Waals surface area contributed by atoms with E-state index in [1.165, 1.54) is 17.8 Å².